The lowest BCUT2D eigenvalue weighted by Crippen LogP contribution is -2.41. The number of ether oxygens (including phenoxy) is 2. The highest BCUT2D eigenvalue weighted by Crippen LogP contribution is 2.32. The van der Waals surface area contributed by atoms with Gasteiger partial charge in [-0.25, -0.2) is 0 Å². The Bertz CT molecular complexity index is 964. The fourth-order valence-corrected chi connectivity index (χ4v) is 4.39. The first-order valence-electron chi connectivity index (χ1n) is 11.3. The van der Waals surface area contributed by atoms with E-state index in [9.17, 15) is 9.59 Å². The van der Waals surface area contributed by atoms with E-state index in [2.05, 4.69) is 32.7 Å². The van der Waals surface area contributed by atoms with E-state index < -0.39 is 0 Å². The fourth-order valence-electron chi connectivity index (χ4n) is 3.78. The standard InChI is InChI=1S/C23H29N5O4S/c1-2-9-24-23(30)16-7-10-28(11-8-16)20-5-6-22(27-26-20)33-15-21(29)25-17-3-4-18-19(14-17)32-13-12-31-18/h3-6,14,16H,2,7-13,15H2,1H3,(H,24,30)(H,25,29). The third kappa shape index (κ3) is 6.28. The molecule has 0 radical (unpaired) electrons. The van der Waals surface area contributed by atoms with Crippen LogP contribution in [0.5, 0.6) is 11.5 Å². The van der Waals surface area contributed by atoms with E-state index in [4.69, 9.17) is 9.47 Å². The lowest BCUT2D eigenvalue weighted by molar-refractivity contribution is -0.125. The Morgan fingerprint density at radius 1 is 1.09 bits per heavy atom. The van der Waals surface area contributed by atoms with Crippen LogP contribution in [0, 0.1) is 5.92 Å². The first kappa shape index (κ1) is 23.2. The molecule has 2 aromatic rings. The van der Waals surface area contributed by atoms with E-state index >= 15 is 0 Å². The minimum absolute atomic E-state index is 0.0725. The number of anilines is 2. The molecule has 4 rings (SSSR count). The molecule has 10 heteroatoms. The zero-order valence-corrected chi connectivity index (χ0v) is 19.5. The van der Waals surface area contributed by atoms with Gasteiger partial charge in [-0.1, -0.05) is 18.7 Å². The second kappa shape index (κ2) is 11.2. The minimum atomic E-state index is -0.133. The van der Waals surface area contributed by atoms with Crippen molar-refractivity contribution in [1.29, 1.82) is 0 Å². The maximum absolute atomic E-state index is 12.3. The van der Waals surface area contributed by atoms with Gasteiger partial charge in [-0.15, -0.1) is 10.2 Å². The molecule has 2 amide bonds. The smallest absolute Gasteiger partial charge is 0.234 e. The van der Waals surface area contributed by atoms with Crippen LogP contribution in [0.15, 0.2) is 35.4 Å². The number of amides is 2. The molecule has 0 unspecified atom stereocenters. The molecule has 0 spiro atoms. The van der Waals surface area contributed by atoms with E-state index in [1.54, 1.807) is 18.2 Å². The summed E-state index contributed by atoms with van der Waals surface area (Å²) in [5, 5.41) is 15.1. The van der Waals surface area contributed by atoms with Gasteiger partial charge in [0.05, 0.1) is 5.75 Å². The third-order valence-corrected chi connectivity index (χ3v) is 6.46. The molecule has 1 aromatic carbocycles. The molecule has 3 heterocycles. The summed E-state index contributed by atoms with van der Waals surface area (Å²) < 4.78 is 11.0. The number of aromatic nitrogens is 2. The van der Waals surface area contributed by atoms with E-state index in [-0.39, 0.29) is 23.5 Å². The summed E-state index contributed by atoms with van der Waals surface area (Å²) in [4.78, 5) is 26.6. The largest absolute Gasteiger partial charge is 0.486 e. The predicted molar refractivity (Wildman–Crippen MR) is 127 cm³/mol. The van der Waals surface area contributed by atoms with Gasteiger partial charge in [0, 0.05) is 37.3 Å². The van der Waals surface area contributed by atoms with Crippen molar-refractivity contribution in [2.24, 2.45) is 5.92 Å². The van der Waals surface area contributed by atoms with Crippen LogP contribution in [0.25, 0.3) is 0 Å². The Morgan fingerprint density at radius 3 is 2.61 bits per heavy atom. The van der Waals surface area contributed by atoms with E-state index in [1.807, 2.05) is 12.1 Å². The Hall–Kier alpha value is -3.01. The highest BCUT2D eigenvalue weighted by molar-refractivity contribution is 7.99. The zero-order chi connectivity index (χ0) is 23.0. The summed E-state index contributed by atoms with van der Waals surface area (Å²) in [5.41, 5.74) is 0.665. The highest BCUT2D eigenvalue weighted by Gasteiger charge is 2.25. The van der Waals surface area contributed by atoms with Crippen LogP contribution in [0.2, 0.25) is 0 Å². The zero-order valence-electron chi connectivity index (χ0n) is 18.7. The van der Waals surface area contributed by atoms with Crippen molar-refractivity contribution in [3.8, 4) is 11.5 Å². The number of rotatable bonds is 8. The van der Waals surface area contributed by atoms with Crippen molar-refractivity contribution in [2.75, 3.05) is 48.8 Å². The van der Waals surface area contributed by atoms with E-state index in [0.29, 0.717) is 35.4 Å². The van der Waals surface area contributed by atoms with Gasteiger partial charge < -0.3 is 25.0 Å². The Labute approximate surface area is 197 Å². The van der Waals surface area contributed by atoms with Crippen LogP contribution < -0.4 is 25.0 Å². The number of benzene rings is 1. The summed E-state index contributed by atoms with van der Waals surface area (Å²) in [6, 6.07) is 9.15. The Kier molecular flexibility index (Phi) is 7.87. The van der Waals surface area contributed by atoms with Crippen LogP contribution in [-0.4, -0.2) is 60.6 Å². The molecule has 2 aliphatic heterocycles. The first-order chi connectivity index (χ1) is 16.1. The maximum Gasteiger partial charge on any atom is 0.234 e. The Morgan fingerprint density at radius 2 is 1.88 bits per heavy atom. The average molecular weight is 472 g/mol. The maximum atomic E-state index is 12.3. The van der Waals surface area contributed by atoms with Crippen molar-refractivity contribution in [1.82, 2.24) is 15.5 Å². The topological polar surface area (TPSA) is 106 Å². The summed E-state index contributed by atoms with van der Waals surface area (Å²) >= 11 is 1.33. The number of piperidine rings is 1. The van der Waals surface area contributed by atoms with E-state index in [0.717, 1.165) is 44.7 Å². The van der Waals surface area contributed by atoms with Crippen LogP contribution in [-0.2, 0) is 9.59 Å². The molecule has 1 fully saturated rings. The van der Waals surface area contributed by atoms with Gasteiger partial charge in [-0.2, -0.15) is 0 Å². The Balaban J connectivity index is 1.22. The lowest BCUT2D eigenvalue weighted by atomic mass is 9.96. The van der Waals surface area contributed by atoms with Crippen LogP contribution in [0.3, 0.4) is 0 Å². The van der Waals surface area contributed by atoms with Crippen molar-refractivity contribution < 1.29 is 19.1 Å². The highest BCUT2D eigenvalue weighted by atomic mass is 32.2. The van der Waals surface area contributed by atoms with Gasteiger partial charge in [-0.05, 0) is 43.5 Å². The molecule has 176 valence electrons. The molecular formula is C23H29N5O4S. The van der Waals surface area contributed by atoms with Gasteiger partial charge in [-0.3, -0.25) is 9.59 Å². The molecule has 0 saturated carbocycles. The van der Waals surface area contributed by atoms with Crippen molar-refractivity contribution in [3.63, 3.8) is 0 Å². The normalized spacial score (nSPS) is 15.7. The quantitative estimate of drug-likeness (QED) is 0.566. The third-order valence-electron chi connectivity index (χ3n) is 5.54. The molecule has 2 N–H and O–H groups in total. The summed E-state index contributed by atoms with van der Waals surface area (Å²) in [7, 11) is 0. The second-order valence-corrected chi connectivity index (χ2v) is 8.97. The summed E-state index contributed by atoms with van der Waals surface area (Å²) in [6.45, 7) is 5.38. The lowest BCUT2D eigenvalue weighted by Gasteiger charge is -2.31. The minimum Gasteiger partial charge on any atom is -0.486 e. The molecule has 9 nitrogen and oxygen atoms in total. The molecule has 33 heavy (non-hydrogen) atoms. The molecule has 0 bridgehead atoms. The monoisotopic (exact) mass is 471 g/mol. The number of fused-ring (bicyclic) bond motifs is 1. The number of carbonyl (C=O) groups excluding carboxylic acids is 2. The number of thioether (sulfide) groups is 1. The van der Waals surface area contributed by atoms with Gasteiger partial charge in [0.1, 0.15) is 18.2 Å². The van der Waals surface area contributed by atoms with Gasteiger partial charge in [0.25, 0.3) is 0 Å². The SMILES string of the molecule is CCCNC(=O)C1CCN(c2ccc(SCC(=O)Nc3ccc4c(c3)OCCO4)nn2)CC1. The van der Waals surface area contributed by atoms with Gasteiger partial charge >= 0.3 is 0 Å². The number of nitrogens with zero attached hydrogens (tertiary/aromatic N) is 3. The molecule has 0 aliphatic carbocycles. The molecule has 1 saturated heterocycles. The van der Waals surface area contributed by atoms with E-state index in [1.165, 1.54) is 11.8 Å². The number of hydrogen-bond donors (Lipinski definition) is 2. The van der Waals surface area contributed by atoms with Crippen LogP contribution in [0.4, 0.5) is 11.5 Å². The van der Waals surface area contributed by atoms with Crippen molar-refractivity contribution in [3.05, 3.63) is 30.3 Å². The van der Waals surface area contributed by atoms with Crippen LogP contribution >= 0.6 is 11.8 Å². The molecule has 2 aliphatic rings. The van der Waals surface area contributed by atoms with Crippen LogP contribution in [0.1, 0.15) is 26.2 Å². The average Bonchev–Trinajstić information content (AvgIpc) is 2.86. The second-order valence-electron chi connectivity index (χ2n) is 7.98. The predicted octanol–water partition coefficient (Wildman–Crippen LogP) is 2.72. The summed E-state index contributed by atoms with van der Waals surface area (Å²) in [6.07, 6.45) is 2.58. The first-order valence-corrected chi connectivity index (χ1v) is 12.3. The molecule has 1 aromatic heterocycles. The molecule has 0 atom stereocenters. The molecular weight excluding hydrogens is 442 g/mol. The fraction of sp³-hybridized carbons (Fsp3) is 0.478. The number of nitrogens with one attached hydrogen (secondary N) is 2. The number of carbonyl (C=O) groups is 2. The summed E-state index contributed by atoms with van der Waals surface area (Å²) in [5.74, 6) is 2.44. The van der Waals surface area contributed by atoms with Gasteiger partial charge in [0.2, 0.25) is 11.8 Å². The van der Waals surface area contributed by atoms with Crippen molar-refractivity contribution in [2.45, 2.75) is 31.2 Å². The van der Waals surface area contributed by atoms with Crippen molar-refractivity contribution >= 4 is 35.1 Å². The number of hydrogen-bond acceptors (Lipinski definition) is 8. The van der Waals surface area contributed by atoms with Gasteiger partial charge in [0.15, 0.2) is 17.3 Å².